The van der Waals surface area contributed by atoms with E-state index in [1.54, 1.807) is 12.1 Å². The number of hydrogen-bond donors (Lipinski definition) is 3. The van der Waals surface area contributed by atoms with Crippen molar-refractivity contribution < 1.29 is 9.59 Å². The molecule has 0 fully saturated rings. The summed E-state index contributed by atoms with van der Waals surface area (Å²) in [4.78, 5) is 29.2. The Morgan fingerprint density at radius 3 is 2.42 bits per heavy atom. The van der Waals surface area contributed by atoms with Gasteiger partial charge in [0.25, 0.3) is 11.8 Å². The minimum atomic E-state index is -0.215. The van der Waals surface area contributed by atoms with Crippen LogP contribution >= 0.6 is 11.3 Å². The van der Waals surface area contributed by atoms with E-state index in [2.05, 4.69) is 27.7 Å². The van der Waals surface area contributed by atoms with Crippen LogP contribution in [-0.2, 0) is 19.5 Å². The van der Waals surface area contributed by atoms with Gasteiger partial charge in [-0.15, -0.1) is 11.3 Å². The van der Waals surface area contributed by atoms with Crippen molar-refractivity contribution in [1.82, 2.24) is 10.2 Å². The summed E-state index contributed by atoms with van der Waals surface area (Å²) >= 11 is 1.50. The lowest BCUT2D eigenvalue weighted by Crippen LogP contribution is -2.33. The van der Waals surface area contributed by atoms with Crippen LogP contribution in [0.15, 0.2) is 60.7 Å². The molecule has 3 aromatic rings. The third-order valence-corrected chi connectivity index (χ3v) is 6.44. The van der Waals surface area contributed by atoms with Crippen LogP contribution in [0.5, 0.6) is 0 Å². The van der Waals surface area contributed by atoms with Gasteiger partial charge in [-0.1, -0.05) is 48.5 Å². The minimum absolute atomic E-state index is 0.178. The van der Waals surface area contributed by atoms with Gasteiger partial charge >= 0.3 is 0 Å². The van der Waals surface area contributed by atoms with Crippen molar-refractivity contribution in [2.45, 2.75) is 19.5 Å². The van der Waals surface area contributed by atoms with E-state index in [-0.39, 0.29) is 11.8 Å². The standard InChI is InChI=1S/C24H26N4O2S/c25-12-13-26-23(30)21-19-11-14-28(15-17-7-3-1-4-8-17)16-20(19)31-24(21)27-22(29)18-9-5-2-6-10-18/h1-10H,11-16,25H2,(H,26,30)(H,27,29). The van der Waals surface area contributed by atoms with Gasteiger partial charge in [0.05, 0.1) is 5.56 Å². The molecule has 6 nitrogen and oxygen atoms in total. The van der Waals surface area contributed by atoms with Gasteiger partial charge in [0.15, 0.2) is 0 Å². The fourth-order valence-electron chi connectivity index (χ4n) is 3.80. The van der Waals surface area contributed by atoms with Crippen LogP contribution in [0, 0.1) is 0 Å². The number of hydrogen-bond acceptors (Lipinski definition) is 5. The molecule has 1 aromatic heterocycles. The Kier molecular flexibility index (Phi) is 6.76. The van der Waals surface area contributed by atoms with E-state index < -0.39 is 0 Å². The first-order chi connectivity index (χ1) is 15.2. The summed E-state index contributed by atoms with van der Waals surface area (Å²) < 4.78 is 0. The second-order valence-electron chi connectivity index (χ2n) is 7.52. The van der Waals surface area contributed by atoms with Crippen molar-refractivity contribution in [2.24, 2.45) is 5.73 Å². The second-order valence-corrected chi connectivity index (χ2v) is 8.62. The predicted octanol–water partition coefficient (Wildman–Crippen LogP) is 3.25. The molecule has 2 amide bonds. The molecule has 0 unspecified atom stereocenters. The molecule has 4 rings (SSSR count). The number of nitrogens with zero attached hydrogens (tertiary/aromatic N) is 1. The largest absolute Gasteiger partial charge is 0.351 e. The molecule has 0 bridgehead atoms. The van der Waals surface area contributed by atoms with E-state index in [0.717, 1.165) is 36.5 Å². The highest BCUT2D eigenvalue weighted by atomic mass is 32.1. The molecule has 0 aliphatic carbocycles. The maximum absolute atomic E-state index is 12.9. The van der Waals surface area contributed by atoms with Crippen LogP contribution in [-0.4, -0.2) is 36.3 Å². The third-order valence-electron chi connectivity index (χ3n) is 5.30. The van der Waals surface area contributed by atoms with Crippen LogP contribution in [0.3, 0.4) is 0 Å². The summed E-state index contributed by atoms with van der Waals surface area (Å²) in [6.45, 7) is 3.25. The molecule has 0 radical (unpaired) electrons. The Hall–Kier alpha value is -3.00. The van der Waals surface area contributed by atoms with Gasteiger partial charge in [0.1, 0.15) is 5.00 Å². The Morgan fingerprint density at radius 1 is 1.00 bits per heavy atom. The number of nitrogens with one attached hydrogen (secondary N) is 2. The van der Waals surface area contributed by atoms with Gasteiger partial charge in [-0.05, 0) is 29.7 Å². The molecule has 2 heterocycles. The summed E-state index contributed by atoms with van der Waals surface area (Å²) in [5.41, 5.74) is 9.01. The van der Waals surface area contributed by atoms with Crippen molar-refractivity contribution in [3.8, 4) is 0 Å². The Bertz CT molecular complexity index is 1050. The van der Waals surface area contributed by atoms with Gasteiger partial charge in [-0.2, -0.15) is 0 Å². The SMILES string of the molecule is NCCNC(=O)c1c(NC(=O)c2ccccc2)sc2c1CCN(Cc1ccccc1)C2. The lowest BCUT2D eigenvalue weighted by atomic mass is 10.0. The summed E-state index contributed by atoms with van der Waals surface area (Å²) in [6, 6.07) is 19.4. The average molecular weight is 435 g/mol. The van der Waals surface area contributed by atoms with E-state index in [9.17, 15) is 9.59 Å². The number of amides is 2. The van der Waals surface area contributed by atoms with E-state index in [4.69, 9.17) is 5.73 Å². The fourth-order valence-corrected chi connectivity index (χ4v) is 5.08. The number of anilines is 1. The smallest absolute Gasteiger partial charge is 0.256 e. The van der Waals surface area contributed by atoms with Gasteiger partial charge in [-0.25, -0.2) is 0 Å². The van der Waals surface area contributed by atoms with Crippen molar-refractivity contribution in [3.63, 3.8) is 0 Å². The van der Waals surface area contributed by atoms with Gasteiger partial charge in [0, 0.05) is 43.2 Å². The zero-order valence-corrected chi connectivity index (χ0v) is 18.1. The molecule has 1 aliphatic heterocycles. The molecule has 31 heavy (non-hydrogen) atoms. The Labute approximate surface area is 186 Å². The molecular formula is C24H26N4O2S. The summed E-state index contributed by atoms with van der Waals surface area (Å²) in [7, 11) is 0. The number of benzene rings is 2. The maximum atomic E-state index is 12.9. The van der Waals surface area contributed by atoms with Crippen LogP contribution in [0.25, 0.3) is 0 Å². The van der Waals surface area contributed by atoms with Crippen molar-refractivity contribution >= 4 is 28.2 Å². The lowest BCUT2D eigenvalue weighted by molar-refractivity contribution is 0.0954. The molecule has 0 saturated heterocycles. The lowest BCUT2D eigenvalue weighted by Gasteiger charge is -2.27. The number of rotatable bonds is 7. The number of thiophene rings is 1. The van der Waals surface area contributed by atoms with Crippen LogP contribution < -0.4 is 16.4 Å². The Balaban J connectivity index is 1.59. The molecule has 0 atom stereocenters. The normalized spacial score (nSPS) is 13.5. The molecule has 1 aliphatic rings. The van der Waals surface area contributed by atoms with E-state index in [0.29, 0.717) is 29.2 Å². The van der Waals surface area contributed by atoms with Crippen molar-refractivity contribution in [2.75, 3.05) is 25.0 Å². The van der Waals surface area contributed by atoms with Crippen molar-refractivity contribution in [3.05, 3.63) is 87.8 Å². The third kappa shape index (κ3) is 5.02. The van der Waals surface area contributed by atoms with Crippen LogP contribution in [0.1, 0.15) is 36.7 Å². The van der Waals surface area contributed by atoms with Crippen molar-refractivity contribution in [1.29, 1.82) is 0 Å². The van der Waals surface area contributed by atoms with E-state index in [1.807, 2.05) is 36.4 Å². The van der Waals surface area contributed by atoms with Gasteiger partial charge in [-0.3, -0.25) is 14.5 Å². The van der Waals surface area contributed by atoms with E-state index >= 15 is 0 Å². The topological polar surface area (TPSA) is 87.5 Å². The minimum Gasteiger partial charge on any atom is -0.351 e. The molecule has 2 aromatic carbocycles. The predicted molar refractivity (Wildman–Crippen MR) is 124 cm³/mol. The summed E-state index contributed by atoms with van der Waals surface area (Å²) in [5.74, 6) is -0.393. The van der Waals surface area contributed by atoms with Gasteiger partial charge in [0.2, 0.25) is 0 Å². The molecule has 4 N–H and O–H groups in total. The molecule has 0 spiro atoms. The summed E-state index contributed by atoms with van der Waals surface area (Å²) in [5, 5.41) is 6.45. The number of nitrogens with two attached hydrogens (primary N) is 1. The molecule has 7 heteroatoms. The highest BCUT2D eigenvalue weighted by molar-refractivity contribution is 7.17. The zero-order valence-electron chi connectivity index (χ0n) is 17.3. The zero-order chi connectivity index (χ0) is 21.6. The number of carbonyl (C=O) groups excluding carboxylic acids is 2. The average Bonchev–Trinajstić information content (AvgIpc) is 3.15. The fraction of sp³-hybridized carbons (Fsp3) is 0.250. The van der Waals surface area contributed by atoms with Crippen LogP contribution in [0.2, 0.25) is 0 Å². The monoisotopic (exact) mass is 434 g/mol. The summed E-state index contributed by atoms with van der Waals surface area (Å²) in [6.07, 6.45) is 0.769. The van der Waals surface area contributed by atoms with Gasteiger partial charge < -0.3 is 16.4 Å². The quantitative estimate of drug-likeness (QED) is 0.533. The number of fused-ring (bicyclic) bond motifs is 1. The molecule has 0 saturated carbocycles. The highest BCUT2D eigenvalue weighted by Crippen LogP contribution is 2.37. The first kappa shape index (κ1) is 21.2. The highest BCUT2D eigenvalue weighted by Gasteiger charge is 2.28. The van der Waals surface area contributed by atoms with E-state index in [1.165, 1.54) is 16.9 Å². The second kappa shape index (κ2) is 9.87. The first-order valence-corrected chi connectivity index (χ1v) is 11.2. The molecular weight excluding hydrogens is 408 g/mol. The maximum Gasteiger partial charge on any atom is 0.256 e. The molecule has 160 valence electrons. The first-order valence-electron chi connectivity index (χ1n) is 10.4. The Morgan fingerprint density at radius 2 is 1.71 bits per heavy atom. The van der Waals surface area contributed by atoms with Crippen LogP contribution in [0.4, 0.5) is 5.00 Å². The number of carbonyl (C=O) groups is 2.